The van der Waals surface area contributed by atoms with Gasteiger partial charge in [0.05, 0.1) is 23.9 Å². The van der Waals surface area contributed by atoms with Gasteiger partial charge in [0.25, 0.3) is 0 Å². The van der Waals surface area contributed by atoms with Crippen molar-refractivity contribution in [3.63, 3.8) is 0 Å². The molecule has 1 fully saturated rings. The van der Waals surface area contributed by atoms with Crippen LogP contribution < -0.4 is 0 Å². The Balaban J connectivity index is 1.75. The average molecular weight is 418 g/mol. The van der Waals surface area contributed by atoms with Crippen LogP contribution in [-0.4, -0.2) is 34.0 Å². The van der Waals surface area contributed by atoms with Crippen molar-refractivity contribution in [1.82, 2.24) is 4.90 Å². The normalized spacial score (nSPS) is 29.1. The molecule has 1 heterocycles. The predicted molar refractivity (Wildman–Crippen MR) is 120 cm³/mol. The van der Waals surface area contributed by atoms with Crippen LogP contribution in [0.15, 0.2) is 48.5 Å². The molecule has 2 bridgehead atoms. The Kier molecular flexibility index (Phi) is 4.15. The first-order chi connectivity index (χ1) is 14.5. The van der Waals surface area contributed by atoms with Gasteiger partial charge in [-0.05, 0) is 47.9 Å². The number of rotatable bonds is 3. The molecule has 1 saturated heterocycles. The quantitative estimate of drug-likeness (QED) is 0.760. The minimum absolute atomic E-state index is 0.0304. The maximum absolute atomic E-state index is 14.1. The van der Waals surface area contributed by atoms with Gasteiger partial charge in [-0.25, -0.2) is 0 Å². The van der Waals surface area contributed by atoms with E-state index in [2.05, 4.69) is 32.9 Å². The third-order valence-corrected chi connectivity index (χ3v) is 7.61. The van der Waals surface area contributed by atoms with E-state index in [1.807, 2.05) is 50.2 Å². The molecule has 0 aromatic heterocycles. The Morgan fingerprint density at radius 3 is 1.87 bits per heavy atom. The first kappa shape index (κ1) is 20.4. The lowest BCUT2D eigenvalue weighted by Crippen LogP contribution is -2.55. The monoisotopic (exact) mass is 417 g/mol. The van der Waals surface area contributed by atoms with Crippen molar-refractivity contribution in [2.24, 2.45) is 17.3 Å². The molecule has 0 spiro atoms. The van der Waals surface area contributed by atoms with Crippen molar-refractivity contribution in [3.8, 4) is 0 Å². The molecule has 6 rings (SSSR count). The second kappa shape index (κ2) is 6.29. The van der Waals surface area contributed by atoms with Crippen LogP contribution in [0.3, 0.4) is 0 Å². The number of benzene rings is 2. The smallest absolute Gasteiger partial charge is 0.234 e. The minimum atomic E-state index is -0.883. The molecule has 3 aliphatic carbocycles. The summed E-state index contributed by atoms with van der Waals surface area (Å²) < 4.78 is 0. The number of hydrogen-bond acceptors (Lipinski definition) is 3. The number of likely N-dealkylation sites (tertiary alicyclic amines) is 1. The largest absolute Gasteiger partial charge is 0.395 e. The van der Waals surface area contributed by atoms with Gasteiger partial charge in [-0.15, -0.1) is 0 Å². The van der Waals surface area contributed by atoms with Crippen molar-refractivity contribution in [2.45, 2.75) is 57.9 Å². The van der Waals surface area contributed by atoms with E-state index >= 15 is 0 Å². The maximum atomic E-state index is 14.1. The second-order valence-electron chi connectivity index (χ2n) is 11.3. The van der Waals surface area contributed by atoms with E-state index in [0.717, 1.165) is 22.3 Å². The zero-order valence-electron chi connectivity index (χ0n) is 19.0. The van der Waals surface area contributed by atoms with Crippen molar-refractivity contribution in [3.05, 3.63) is 70.8 Å². The number of nitrogens with zero attached hydrogens (tertiary/aromatic N) is 1. The number of hydrogen-bond donors (Lipinski definition) is 1. The molecule has 2 atom stereocenters. The Hall–Kier alpha value is -2.46. The van der Waals surface area contributed by atoms with Crippen LogP contribution in [0.25, 0.3) is 0 Å². The van der Waals surface area contributed by atoms with Crippen LogP contribution in [-0.2, 0) is 15.0 Å². The van der Waals surface area contributed by atoms with Crippen LogP contribution in [0.4, 0.5) is 0 Å². The van der Waals surface area contributed by atoms with Crippen LogP contribution in [0, 0.1) is 17.3 Å². The van der Waals surface area contributed by atoms with Crippen LogP contribution in [0.2, 0.25) is 0 Å². The highest BCUT2D eigenvalue weighted by Crippen LogP contribution is 2.64. The van der Waals surface area contributed by atoms with Gasteiger partial charge in [0.15, 0.2) is 0 Å². The molecule has 1 aliphatic heterocycles. The number of aliphatic hydroxyl groups excluding tert-OH is 1. The highest BCUT2D eigenvalue weighted by atomic mass is 16.3. The Bertz CT molecular complexity index is 1050. The molecule has 2 amide bonds. The minimum Gasteiger partial charge on any atom is -0.395 e. The lowest BCUT2D eigenvalue weighted by Gasteiger charge is -2.53. The molecule has 4 heteroatoms. The van der Waals surface area contributed by atoms with Gasteiger partial charge in [-0.3, -0.25) is 14.5 Å². The fraction of sp³-hybridized carbons (Fsp3) is 0.481. The van der Waals surface area contributed by atoms with E-state index in [-0.39, 0.29) is 29.8 Å². The highest BCUT2D eigenvalue weighted by Gasteiger charge is 2.69. The number of carbonyl (C=O) groups is 2. The van der Waals surface area contributed by atoms with E-state index < -0.39 is 22.8 Å². The summed E-state index contributed by atoms with van der Waals surface area (Å²) in [5.41, 5.74) is 2.64. The van der Waals surface area contributed by atoms with Crippen LogP contribution in [0.5, 0.6) is 0 Å². The summed E-state index contributed by atoms with van der Waals surface area (Å²) in [7, 11) is 0. The lowest BCUT2D eigenvalue weighted by atomic mass is 9.47. The first-order valence-electron chi connectivity index (χ1n) is 11.2. The third kappa shape index (κ3) is 2.51. The van der Waals surface area contributed by atoms with E-state index in [0.29, 0.717) is 6.42 Å². The summed E-state index contributed by atoms with van der Waals surface area (Å²) in [6, 6.07) is 16.1. The second-order valence-corrected chi connectivity index (χ2v) is 11.3. The van der Waals surface area contributed by atoms with Crippen LogP contribution >= 0.6 is 0 Å². The van der Waals surface area contributed by atoms with Crippen molar-refractivity contribution < 1.29 is 14.7 Å². The van der Waals surface area contributed by atoms with Gasteiger partial charge >= 0.3 is 0 Å². The zero-order chi connectivity index (χ0) is 22.3. The van der Waals surface area contributed by atoms with E-state index in [9.17, 15) is 14.7 Å². The van der Waals surface area contributed by atoms with Crippen molar-refractivity contribution in [2.75, 3.05) is 6.61 Å². The van der Waals surface area contributed by atoms with E-state index in [4.69, 9.17) is 0 Å². The SMILES string of the molecule is CC(C)(C)CC(C)(C)N1C(=O)[C@H]2C3c4ccccc4C(CO)(c4ccccc43)[C@H]2C1=O. The van der Waals surface area contributed by atoms with Gasteiger partial charge < -0.3 is 5.11 Å². The third-order valence-electron chi connectivity index (χ3n) is 7.61. The number of imide groups is 1. The van der Waals surface area contributed by atoms with Gasteiger partial charge in [0, 0.05) is 11.5 Å². The fourth-order valence-electron chi connectivity index (χ4n) is 7.17. The number of amides is 2. The topological polar surface area (TPSA) is 57.6 Å². The molecule has 2 aromatic carbocycles. The summed E-state index contributed by atoms with van der Waals surface area (Å²) >= 11 is 0. The van der Waals surface area contributed by atoms with Gasteiger partial charge in [0.1, 0.15) is 0 Å². The molecule has 31 heavy (non-hydrogen) atoms. The highest BCUT2D eigenvalue weighted by molar-refractivity contribution is 6.09. The van der Waals surface area contributed by atoms with Crippen LogP contribution in [0.1, 0.15) is 69.2 Å². The summed E-state index contributed by atoms with van der Waals surface area (Å²) in [6.07, 6.45) is 0.716. The Labute approximate surface area is 184 Å². The fourth-order valence-corrected chi connectivity index (χ4v) is 7.17. The number of carbonyl (C=O) groups excluding carboxylic acids is 2. The molecule has 162 valence electrons. The van der Waals surface area contributed by atoms with Crippen molar-refractivity contribution >= 4 is 11.8 Å². The molecular weight excluding hydrogens is 386 g/mol. The summed E-state index contributed by atoms with van der Waals surface area (Å²) in [6.45, 7) is 10.2. The van der Waals surface area contributed by atoms with Gasteiger partial charge in [0.2, 0.25) is 11.8 Å². The van der Waals surface area contributed by atoms with E-state index in [1.54, 1.807) is 4.90 Å². The number of aliphatic hydroxyl groups is 1. The molecule has 0 unspecified atom stereocenters. The Morgan fingerprint density at radius 2 is 1.39 bits per heavy atom. The standard InChI is InChI=1S/C27H31NO3/c1-25(2,3)14-26(4,5)28-23(30)21-20-16-10-6-8-12-18(16)27(15-29,22(21)24(28)31)19-13-9-7-11-17(19)20/h6-13,20-22,29H,14-15H2,1-5H3/t20?,21-,22+,27?/m0/s1. The molecule has 2 aromatic rings. The lowest BCUT2D eigenvalue weighted by molar-refractivity contribution is -0.147. The maximum Gasteiger partial charge on any atom is 0.234 e. The predicted octanol–water partition coefficient (Wildman–Crippen LogP) is 4.24. The van der Waals surface area contributed by atoms with Crippen molar-refractivity contribution in [1.29, 1.82) is 0 Å². The first-order valence-corrected chi connectivity index (χ1v) is 11.2. The molecule has 4 aliphatic rings. The van der Waals surface area contributed by atoms with E-state index in [1.165, 1.54) is 0 Å². The summed E-state index contributed by atoms with van der Waals surface area (Å²) in [5, 5.41) is 10.9. The van der Waals surface area contributed by atoms with Gasteiger partial charge in [-0.2, -0.15) is 0 Å². The molecule has 0 saturated carbocycles. The average Bonchev–Trinajstić information content (AvgIpc) is 2.98. The molecular formula is C27H31NO3. The molecule has 0 radical (unpaired) electrons. The molecule has 1 N–H and O–H groups in total. The Morgan fingerprint density at radius 1 is 0.871 bits per heavy atom. The summed E-state index contributed by atoms with van der Waals surface area (Å²) in [4.78, 5) is 29.6. The zero-order valence-corrected chi connectivity index (χ0v) is 19.0. The summed E-state index contributed by atoms with van der Waals surface area (Å²) in [5.74, 6) is -1.41. The van der Waals surface area contributed by atoms with Gasteiger partial charge in [-0.1, -0.05) is 69.3 Å². The molecule has 4 nitrogen and oxygen atoms in total.